The van der Waals surface area contributed by atoms with Crippen molar-refractivity contribution >= 4 is 77.6 Å². The highest BCUT2D eigenvalue weighted by atomic mass is 16.9. The average molecular weight is 1830 g/mol. The van der Waals surface area contributed by atoms with Gasteiger partial charge in [0.1, 0.15) is 105 Å². The molecule has 127 heavy (non-hydrogen) atoms. The number of carbonyl (C=O) groups excluding carboxylic acids is 13. The van der Waals surface area contributed by atoms with E-state index in [1.54, 1.807) is 55.4 Å². The summed E-state index contributed by atoms with van der Waals surface area (Å²) in [6, 6.07) is 0. The van der Waals surface area contributed by atoms with Crippen molar-refractivity contribution in [3.8, 4) is 0 Å². The highest BCUT2D eigenvalue weighted by Crippen LogP contribution is 2.48. The highest BCUT2D eigenvalue weighted by molar-refractivity contribution is 5.71. The lowest BCUT2D eigenvalue weighted by Gasteiger charge is -2.48. The molecule has 11 aliphatic heterocycles. The summed E-state index contributed by atoms with van der Waals surface area (Å²) < 4.78 is 209. The third-order valence-corrected chi connectivity index (χ3v) is 20.8. The van der Waals surface area contributed by atoms with Gasteiger partial charge >= 0.3 is 77.6 Å². The predicted octanol–water partition coefficient (Wildman–Crippen LogP) is -1.02. The van der Waals surface area contributed by atoms with Crippen molar-refractivity contribution in [3.05, 3.63) is 0 Å². The molecule has 11 fully saturated rings. The molecule has 0 aromatic carbocycles. The number of aliphatic hydroxyl groups excluding tert-OH is 1. The maximum absolute atomic E-state index is 13.8. The molecule has 716 valence electrons. The summed E-state index contributed by atoms with van der Waals surface area (Å²) in [6.45, 7) is 21.0. The standard InChI is InChI=1S/C79H112O48/c1-29(80)94-22-42-50(101-31(3)82)58(105-35(7)86)64(109-39(11)90)70(113-42)97-24-45-52(103-33(5)84)60(107-37(9)88)66(119-74-63(108-38(10)89)53(104-34(6)85)43(117-74)23-95-30(2)81)72(115-45)98-25-44-51(102-32(4)83)59(106-36(8)87)65(110-40(12)91)71(114-44)99-28-47-55-61(124-77(16,17)121-55)67(111-41(13)92)73(116-47)100-27-46-54-57(123-76(14,15)120-54)49(93)69(112-46)96-26-48-56-62(125-78(18,19)122-56)68-75(118-48)127-79(20,21)126-68/h42-75,93H,22-28H2,1-21H3/t42-,43+,44-,45-,46-,47-,48-,49-,50+,51+,52+,53+,54+,55+,56+,57-,58+,59+,60+,61+,62+,63-,64-,65-,66-,67-,68-,69-,70-,71-,72-,73-,74+,75-/m1/s1. The topological polar surface area (TPSA) is 556 Å². The summed E-state index contributed by atoms with van der Waals surface area (Å²) in [5.74, 6) is -18.1. The van der Waals surface area contributed by atoms with Crippen molar-refractivity contribution in [3.63, 3.8) is 0 Å². The van der Waals surface area contributed by atoms with Gasteiger partial charge in [0.15, 0.2) is 140 Å². The molecule has 0 radical (unpaired) electrons. The summed E-state index contributed by atoms with van der Waals surface area (Å²) >= 11 is 0. The Balaban J connectivity index is 0.929. The second-order valence-electron chi connectivity index (χ2n) is 33.3. The summed E-state index contributed by atoms with van der Waals surface area (Å²) in [6.07, 6.45) is -53.8. The lowest BCUT2D eigenvalue weighted by atomic mass is 9.96. The van der Waals surface area contributed by atoms with E-state index >= 15 is 0 Å². The van der Waals surface area contributed by atoms with E-state index in [4.69, 9.17) is 161 Å². The number of aliphatic hydroxyl groups is 1. The smallest absolute Gasteiger partial charge is 0.303 e. The Morgan fingerprint density at radius 2 is 0.457 bits per heavy atom. The maximum atomic E-state index is 13.8. The van der Waals surface area contributed by atoms with Gasteiger partial charge in [-0.2, -0.15) is 0 Å². The van der Waals surface area contributed by atoms with Gasteiger partial charge in [0.2, 0.25) is 0 Å². The zero-order valence-electron chi connectivity index (χ0n) is 73.7. The van der Waals surface area contributed by atoms with Crippen LogP contribution in [-0.4, -0.2) is 361 Å². The van der Waals surface area contributed by atoms with Crippen LogP contribution in [0.3, 0.4) is 0 Å². The van der Waals surface area contributed by atoms with Crippen LogP contribution in [0.4, 0.5) is 0 Å². The van der Waals surface area contributed by atoms with E-state index < -0.39 is 349 Å². The first-order valence-corrected chi connectivity index (χ1v) is 41.0. The number of ether oxygens (including phenoxy) is 34. The van der Waals surface area contributed by atoms with Crippen molar-refractivity contribution in [1.29, 1.82) is 0 Å². The molecular formula is C79H112O48. The highest BCUT2D eigenvalue weighted by Gasteiger charge is 2.66. The number of rotatable bonds is 32. The van der Waals surface area contributed by atoms with Crippen molar-refractivity contribution in [2.45, 2.75) is 377 Å². The van der Waals surface area contributed by atoms with Crippen LogP contribution in [0, 0.1) is 0 Å². The summed E-state index contributed by atoms with van der Waals surface area (Å²) in [4.78, 5) is 170. The van der Waals surface area contributed by atoms with Crippen LogP contribution in [0.25, 0.3) is 0 Å². The number of esters is 13. The van der Waals surface area contributed by atoms with E-state index in [1.807, 2.05) is 0 Å². The van der Waals surface area contributed by atoms with Crippen LogP contribution in [0.2, 0.25) is 0 Å². The maximum Gasteiger partial charge on any atom is 0.303 e. The molecule has 0 bridgehead atoms. The molecule has 0 aromatic heterocycles. The lowest BCUT2D eigenvalue weighted by molar-refractivity contribution is -0.362. The number of hydrogen-bond acceptors (Lipinski definition) is 48. The molecule has 0 aliphatic carbocycles. The molecule has 48 nitrogen and oxygen atoms in total. The largest absolute Gasteiger partial charge is 0.463 e. The van der Waals surface area contributed by atoms with Crippen molar-refractivity contribution in [2.24, 2.45) is 0 Å². The number of hydrogen-bond donors (Lipinski definition) is 1. The molecule has 11 rings (SSSR count). The van der Waals surface area contributed by atoms with Crippen LogP contribution in [0.5, 0.6) is 0 Å². The first kappa shape index (κ1) is 99.8. The van der Waals surface area contributed by atoms with Crippen LogP contribution < -0.4 is 0 Å². The van der Waals surface area contributed by atoms with Gasteiger partial charge in [-0.1, -0.05) is 0 Å². The molecule has 0 aromatic rings. The van der Waals surface area contributed by atoms with E-state index in [9.17, 15) is 67.4 Å². The van der Waals surface area contributed by atoms with Crippen molar-refractivity contribution in [2.75, 3.05) is 46.2 Å². The van der Waals surface area contributed by atoms with Gasteiger partial charge in [-0.25, -0.2) is 0 Å². The molecule has 11 saturated heterocycles. The van der Waals surface area contributed by atoms with E-state index in [0.29, 0.717) is 0 Å². The molecule has 0 unspecified atom stereocenters. The van der Waals surface area contributed by atoms with Crippen LogP contribution >= 0.6 is 0 Å². The van der Waals surface area contributed by atoms with Gasteiger partial charge < -0.3 is 166 Å². The Hall–Kier alpha value is -7.77. The summed E-state index contributed by atoms with van der Waals surface area (Å²) in [7, 11) is 0. The Morgan fingerprint density at radius 3 is 0.850 bits per heavy atom. The van der Waals surface area contributed by atoms with E-state index in [1.165, 1.54) is 0 Å². The van der Waals surface area contributed by atoms with Gasteiger partial charge in [0, 0.05) is 90.0 Å². The normalized spacial score (nSPS) is 39.4. The van der Waals surface area contributed by atoms with Gasteiger partial charge in [-0.15, -0.1) is 0 Å². The zero-order chi connectivity index (χ0) is 93.1. The fourth-order valence-corrected chi connectivity index (χ4v) is 16.7. The van der Waals surface area contributed by atoms with Crippen molar-refractivity contribution < 1.29 is 228 Å². The first-order chi connectivity index (χ1) is 59.4. The fraction of sp³-hybridized carbons (Fsp3) is 0.835. The lowest BCUT2D eigenvalue weighted by Crippen LogP contribution is -2.66. The molecule has 11 heterocycles. The second kappa shape index (κ2) is 41.3. The minimum absolute atomic E-state index is 0.263. The third-order valence-electron chi connectivity index (χ3n) is 20.8. The molecule has 34 atom stereocenters. The molecule has 0 amide bonds. The van der Waals surface area contributed by atoms with E-state index in [0.717, 1.165) is 90.0 Å². The monoisotopic (exact) mass is 1830 g/mol. The molecular weight excluding hydrogens is 1720 g/mol. The first-order valence-electron chi connectivity index (χ1n) is 41.0. The molecule has 48 heteroatoms. The minimum Gasteiger partial charge on any atom is -0.463 e. The third kappa shape index (κ3) is 25.3. The van der Waals surface area contributed by atoms with Crippen molar-refractivity contribution in [1.82, 2.24) is 0 Å². The fourth-order valence-electron chi connectivity index (χ4n) is 16.7. The molecule has 11 aliphatic rings. The van der Waals surface area contributed by atoms with Crippen LogP contribution in [-0.2, 0) is 223 Å². The Kier molecular flexibility index (Phi) is 32.5. The second-order valence-corrected chi connectivity index (χ2v) is 33.3. The summed E-state index contributed by atoms with van der Waals surface area (Å²) in [5.41, 5.74) is 0. The minimum atomic E-state index is -2.24. The molecule has 0 saturated carbocycles. The quantitative estimate of drug-likeness (QED) is 0.0622. The zero-order valence-corrected chi connectivity index (χ0v) is 73.7. The Bertz CT molecular complexity index is 3940. The van der Waals surface area contributed by atoms with E-state index in [-0.39, 0.29) is 6.61 Å². The van der Waals surface area contributed by atoms with Gasteiger partial charge in [-0.05, 0) is 55.4 Å². The molecule has 0 spiro atoms. The Labute approximate surface area is 727 Å². The van der Waals surface area contributed by atoms with Crippen LogP contribution in [0.1, 0.15) is 145 Å². The molecule has 1 N–H and O–H groups in total. The predicted molar refractivity (Wildman–Crippen MR) is 397 cm³/mol. The Morgan fingerprint density at radius 1 is 0.220 bits per heavy atom. The van der Waals surface area contributed by atoms with E-state index in [2.05, 4.69) is 0 Å². The number of carbonyl (C=O) groups is 13. The number of fused-ring (bicyclic) bond motifs is 5. The SMILES string of the molecule is CC(=O)OC[C@@H]1O[C@@H](O[C@H]2[C@H](OC[C@H]3O[C@@H](OC[C@H]4O[C@@H](OC[C@H]5O[C@@H](OC[C@H]6O[C@@H]7OC(C)(C)O[C@@H]7[C@H]7OC(C)(C)O[C@H]76)[C@H](O)[C@H]6OC(C)(C)O[C@H]65)[C@H](OC(C)=O)[C@H]5OC(C)(C)O[C@H]54)[C@H](OC(C)=O)[C@@H](OC(C)=O)[C@H]3OC(C)=O)O[C@H](CO[C@@H]3O[C@H](COC(C)=O)[C@H](OC(C)=O)[C@H](OC(C)=O)[C@H]3OC(C)=O)[C@H](OC(C)=O)[C@@H]2OC(C)=O)[C@H](OC(C)=O)[C@H]1OC(C)=O. The van der Waals surface area contributed by atoms with Crippen LogP contribution in [0.15, 0.2) is 0 Å². The summed E-state index contributed by atoms with van der Waals surface area (Å²) in [5, 5.41) is 12.0. The average Bonchev–Trinajstić information content (AvgIpc) is 1.55. The van der Waals surface area contributed by atoms with Gasteiger partial charge in [0.05, 0.1) is 33.0 Å². The van der Waals surface area contributed by atoms with Gasteiger partial charge in [-0.3, -0.25) is 62.3 Å². The van der Waals surface area contributed by atoms with Gasteiger partial charge in [0.25, 0.3) is 0 Å².